The Kier molecular flexibility index (Phi) is 6.82. The van der Waals surface area contributed by atoms with Gasteiger partial charge < -0.3 is 20.1 Å². The van der Waals surface area contributed by atoms with Gasteiger partial charge in [-0.15, -0.1) is 0 Å². The first kappa shape index (κ1) is 23.0. The Hall–Kier alpha value is -2.29. The third kappa shape index (κ3) is 5.20. The van der Waals surface area contributed by atoms with Crippen LogP contribution in [0.5, 0.6) is 0 Å². The number of carbonyl (C=O) groups is 2. The fraction of sp³-hybridized carbons (Fsp3) is 0.600. The lowest BCUT2D eigenvalue weighted by Crippen LogP contribution is -2.38. The van der Waals surface area contributed by atoms with Crippen molar-refractivity contribution in [1.82, 2.24) is 4.90 Å². The monoisotopic (exact) mass is 426 g/mol. The SMILES string of the molecule is CCOC(=O)[C@H]1CCN(C(=O)OC(C)(C)C)[C@@H]1c1cc(N)ccc1S(=O)(=O)CC. The van der Waals surface area contributed by atoms with E-state index in [1.54, 1.807) is 34.6 Å². The summed E-state index contributed by atoms with van der Waals surface area (Å²) in [4.78, 5) is 26.9. The smallest absolute Gasteiger partial charge is 0.410 e. The van der Waals surface area contributed by atoms with Gasteiger partial charge in [0.05, 0.1) is 29.2 Å². The Morgan fingerprint density at radius 2 is 1.90 bits per heavy atom. The van der Waals surface area contributed by atoms with Gasteiger partial charge in [-0.25, -0.2) is 13.2 Å². The van der Waals surface area contributed by atoms with E-state index in [1.807, 2.05) is 0 Å². The molecule has 2 atom stereocenters. The molecule has 0 unspecified atom stereocenters. The molecule has 162 valence electrons. The van der Waals surface area contributed by atoms with Crippen molar-refractivity contribution in [2.75, 3.05) is 24.6 Å². The molecule has 1 aromatic rings. The molecule has 1 aromatic carbocycles. The highest BCUT2D eigenvalue weighted by atomic mass is 32.2. The van der Waals surface area contributed by atoms with E-state index in [1.165, 1.54) is 23.1 Å². The summed E-state index contributed by atoms with van der Waals surface area (Å²) in [5.74, 6) is -1.31. The van der Waals surface area contributed by atoms with Gasteiger partial charge in [0, 0.05) is 12.2 Å². The van der Waals surface area contributed by atoms with Crippen LogP contribution in [0.3, 0.4) is 0 Å². The van der Waals surface area contributed by atoms with Crippen molar-refractivity contribution in [3.8, 4) is 0 Å². The lowest BCUT2D eigenvalue weighted by molar-refractivity contribution is -0.148. The minimum absolute atomic E-state index is 0.0592. The highest BCUT2D eigenvalue weighted by Crippen LogP contribution is 2.42. The van der Waals surface area contributed by atoms with Crippen molar-refractivity contribution in [2.45, 2.75) is 57.6 Å². The maximum atomic E-state index is 12.9. The normalized spacial score (nSPS) is 19.8. The van der Waals surface area contributed by atoms with Crippen molar-refractivity contribution in [2.24, 2.45) is 5.92 Å². The first-order valence-electron chi connectivity index (χ1n) is 9.69. The number of esters is 1. The molecule has 0 saturated carbocycles. The number of ether oxygens (including phenoxy) is 2. The number of nitrogen functional groups attached to an aromatic ring is 1. The predicted molar refractivity (Wildman–Crippen MR) is 109 cm³/mol. The number of amides is 1. The number of anilines is 1. The molecule has 1 aliphatic rings. The second-order valence-electron chi connectivity index (χ2n) is 7.97. The van der Waals surface area contributed by atoms with Gasteiger partial charge in [-0.05, 0) is 57.9 Å². The summed E-state index contributed by atoms with van der Waals surface area (Å²) in [6.45, 7) is 8.89. The molecule has 0 bridgehead atoms. The third-order valence-corrected chi connectivity index (χ3v) is 6.48. The van der Waals surface area contributed by atoms with Crippen LogP contribution in [0.2, 0.25) is 0 Å². The first-order valence-corrected chi connectivity index (χ1v) is 11.3. The Labute approximate surface area is 172 Å². The summed E-state index contributed by atoms with van der Waals surface area (Å²) in [5, 5.41) is 0. The van der Waals surface area contributed by atoms with Crippen molar-refractivity contribution < 1.29 is 27.5 Å². The van der Waals surface area contributed by atoms with Gasteiger partial charge in [0.25, 0.3) is 0 Å². The molecule has 8 nitrogen and oxygen atoms in total. The first-order chi connectivity index (χ1) is 13.4. The largest absolute Gasteiger partial charge is 0.466 e. The number of hydrogen-bond donors (Lipinski definition) is 1. The fourth-order valence-electron chi connectivity index (χ4n) is 3.44. The molecule has 9 heteroatoms. The molecule has 0 spiro atoms. The quantitative estimate of drug-likeness (QED) is 0.568. The molecule has 2 rings (SSSR count). The van der Waals surface area contributed by atoms with Crippen LogP contribution in [-0.2, 0) is 24.1 Å². The molecular formula is C20H30N2O6S. The van der Waals surface area contributed by atoms with E-state index in [2.05, 4.69) is 0 Å². The molecule has 0 aliphatic carbocycles. The van der Waals surface area contributed by atoms with Crippen molar-refractivity contribution >= 4 is 27.6 Å². The number of rotatable bonds is 5. The van der Waals surface area contributed by atoms with Gasteiger partial charge in [0.2, 0.25) is 0 Å². The van der Waals surface area contributed by atoms with Crippen LogP contribution in [0.15, 0.2) is 23.1 Å². The minimum Gasteiger partial charge on any atom is -0.466 e. The van der Waals surface area contributed by atoms with Crippen LogP contribution in [0.4, 0.5) is 10.5 Å². The van der Waals surface area contributed by atoms with E-state index < -0.39 is 39.5 Å². The summed E-state index contributed by atoms with van der Waals surface area (Å²) in [7, 11) is -3.62. The lowest BCUT2D eigenvalue weighted by Gasteiger charge is -2.31. The van der Waals surface area contributed by atoms with E-state index in [-0.39, 0.29) is 23.8 Å². The topological polar surface area (TPSA) is 116 Å². The van der Waals surface area contributed by atoms with Gasteiger partial charge in [-0.1, -0.05) is 6.92 Å². The molecule has 0 aromatic heterocycles. The highest BCUT2D eigenvalue weighted by molar-refractivity contribution is 7.91. The van der Waals surface area contributed by atoms with Crippen LogP contribution < -0.4 is 5.73 Å². The van der Waals surface area contributed by atoms with Crippen LogP contribution in [0.25, 0.3) is 0 Å². The number of benzene rings is 1. The Bertz CT molecular complexity index is 875. The van der Waals surface area contributed by atoms with Crippen LogP contribution >= 0.6 is 0 Å². The van der Waals surface area contributed by atoms with E-state index in [0.717, 1.165) is 0 Å². The average Bonchev–Trinajstić information content (AvgIpc) is 3.05. The van der Waals surface area contributed by atoms with Crippen LogP contribution in [-0.4, -0.2) is 49.9 Å². The molecule has 1 saturated heterocycles. The summed E-state index contributed by atoms with van der Waals surface area (Å²) < 4.78 is 36.1. The summed E-state index contributed by atoms with van der Waals surface area (Å²) in [5.41, 5.74) is 5.85. The number of nitrogens with two attached hydrogens (primary N) is 1. The summed E-state index contributed by atoms with van der Waals surface area (Å²) in [6, 6.07) is 3.60. The molecule has 1 aliphatic heterocycles. The summed E-state index contributed by atoms with van der Waals surface area (Å²) >= 11 is 0. The molecular weight excluding hydrogens is 396 g/mol. The maximum Gasteiger partial charge on any atom is 0.410 e. The minimum atomic E-state index is -3.62. The molecule has 29 heavy (non-hydrogen) atoms. The number of carbonyl (C=O) groups excluding carboxylic acids is 2. The third-order valence-electron chi connectivity index (χ3n) is 4.68. The van der Waals surface area contributed by atoms with Crippen LogP contribution in [0, 0.1) is 5.92 Å². The zero-order valence-corrected chi connectivity index (χ0v) is 18.4. The molecule has 1 heterocycles. The number of nitrogens with zero attached hydrogens (tertiary/aromatic N) is 1. The van der Waals surface area contributed by atoms with Crippen molar-refractivity contribution in [3.63, 3.8) is 0 Å². The zero-order valence-electron chi connectivity index (χ0n) is 17.6. The maximum absolute atomic E-state index is 12.9. The van der Waals surface area contributed by atoms with Crippen LogP contribution in [0.1, 0.15) is 52.6 Å². The fourth-order valence-corrected chi connectivity index (χ4v) is 4.56. The zero-order chi connectivity index (χ0) is 22.0. The van der Waals surface area contributed by atoms with Gasteiger partial charge in [-0.2, -0.15) is 0 Å². The lowest BCUT2D eigenvalue weighted by atomic mass is 9.93. The molecule has 0 radical (unpaired) electrons. The second kappa shape index (κ2) is 8.61. The van der Waals surface area contributed by atoms with Crippen molar-refractivity contribution in [1.29, 1.82) is 0 Å². The number of likely N-dealkylation sites (tertiary alicyclic amines) is 1. The molecule has 2 N–H and O–H groups in total. The average molecular weight is 427 g/mol. The standard InChI is InChI=1S/C20H30N2O6S/c1-6-27-18(23)14-10-11-22(19(24)28-20(3,4)5)17(14)15-12-13(21)8-9-16(15)29(25,26)7-2/h8-9,12,14,17H,6-7,10-11,21H2,1-5H3/t14-,17-/m0/s1. The molecule has 1 amide bonds. The van der Waals surface area contributed by atoms with Gasteiger partial charge >= 0.3 is 12.1 Å². The van der Waals surface area contributed by atoms with E-state index >= 15 is 0 Å². The van der Waals surface area contributed by atoms with E-state index in [4.69, 9.17) is 15.2 Å². The van der Waals surface area contributed by atoms with Gasteiger partial charge in [-0.3, -0.25) is 4.79 Å². The summed E-state index contributed by atoms with van der Waals surface area (Å²) in [6.07, 6.45) is -0.278. The highest BCUT2D eigenvalue weighted by Gasteiger charge is 2.46. The van der Waals surface area contributed by atoms with E-state index in [0.29, 0.717) is 17.7 Å². The Balaban J connectivity index is 2.61. The van der Waals surface area contributed by atoms with Gasteiger partial charge in [0.1, 0.15) is 5.60 Å². The predicted octanol–water partition coefficient (Wildman–Crippen LogP) is 2.92. The Morgan fingerprint density at radius 3 is 2.45 bits per heavy atom. The number of sulfone groups is 1. The number of hydrogen-bond acceptors (Lipinski definition) is 7. The molecule has 1 fully saturated rings. The van der Waals surface area contributed by atoms with Crippen molar-refractivity contribution in [3.05, 3.63) is 23.8 Å². The second-order valence-corrected chi connectivity index (χ2v) is 10.2. The van der Waals surface area contributed by atoms with E-state index in [9.17, 15) is 18.0 Å². The Morgan fingerprint density at radius 1 is 1.24 bits per heavy atom. The van der Waals surface area contributed by atoms with Gasteiger partial charge in [0.15, 0.2) is 9.84 Å².